The molecule has 1 amide bonds. The molecule has 0 atom stereocenters. The summed E-state index contributed by atoms with van der Waals surface area (Å²) >= 11 is 0. The van der Waals surface area contributed by atoms with Gasteiger partial charge in [0, 0.05) is 25.5 Å². The average Bonchev–Trinajstić information content (AvgIpc) is 3.55. The number of carbonyl (C=O) groups excluding carboxylic acids is 1. The molecule has 0 unspecified atom stereocenters. The van der Waals surface area contributed by atoms with E-state index in [1.54, 1.807) is 24.4 Å². The lowest BCUT2D eigenvalue weighted by molar-refractivity contribution is -0.110. The Labute approximate surface area is 200 Å². The van der Waals surface area contributed by atoms with Crippen molar-refractivity contribution >= 4 is 27.3 Å². The number of amides is 1. The van der Waals surface area contributed by atoms with E-state index in [4.69, 9.17) is 9.57 Å². The fourth-order valence-electron chi connectivity index (χ4n) is 3.99. The van der Waals surface area contributed by atoms with Crippen molar-refractivity contribution in [3.8, 4) is 0 Å². The van der Waals surface area contributed by atoms with Crippen molar-refractivity contribution in [3.63, 3.8) is 0 Å². The molecule has 182 valence electrons. The molecule has 1 aromatic carbocycles. The first-order valence-electron chi connectivity index (χ1n) is 11.8. The second-order valence-corrected chi connectivity index (χ2v) is 11.0. The molecule has 0 spiro atoms. The Morgan fingerprint density at radius 3 is 2.44 bits per heavy atom. The number of nitrogens with one attached hydrogen (secondary N) is 1. The Balaban J connectivity index is 1.51. The molecule has 2 fully saturated rings. The molecule has 0 aliphatic heterocycles. The smallest absolute Gasteiger partial charge is 0.279 e. The van der Waals surface area contributed by atoms with Crippen molar-refractivity contribution < 1.29 is 22.8 Å². The van der Waals surface area contributed by atoms with Gasteiger partial charge in [-0.05, 0) is 74.6 Å². The Morgan fingerprint density at radius 2 is 1.82 bits per heavy atom. The molecule has 1 N–H and O–H groups in total. The van der Waals surface area contributed by atoms with Crippen molar-refractivity contribution in [1.29, 1.82) is 0 Å². The maximum atomic E-state index is 13.1. The lowest BCUT2D eigenvalue weighted by atomic mass is 10.1. The zero-order valence-corrected chi connectivity index (χ0v) is 20.2. The standard InChI is InChI=1S/C25H31N3O5S/c1-32-15-4-16-34(30,31)22-12-9-19(10-13-22)24(28-33-21-5-2-3-6-21)25(29)27-23-14-11-20(17-26-23)18-7-8-18/h9-14,17-18,21H,2-8,15-16H2,1H3,(H,26,27,29)/b28-24+. The number of ether oxygens (including phenoxy) is 1. The van der Waals surface area contributed by atoms with Crippen LogP contribution < -0.4 is 5.32 Å². The number of rotatable bonds is 11. The first-order chi connectivity index (χ1) is 16.5. The molecule has 34 heavy (non-hydrogen) atoms. The van der Waals surface area contributed by atoms with Crippen LogP contribution in [0.15, 0.2) is 52.6 Å². The molecule has 2 saturated carbocycles. The zero-order valence-electron chi connectivity index (χ0n) is 19.4. The fraction of sp³-hybridized carbons (Fsp3) is 0.480. The van der Waals surface area contributed by atoms with Gasteiger partial charge in [-0.2, -0.15) is 0 Å². The summed E-state index contributed by atoms with van der Waals surface area (Å²) in [5.41, 5.74) is 1.74. The molecule has 8 nitrogen and oxygen atoms in total. The SMILES string of the molecule is COCCCS(=O)(=O)c1ccc(/C(=N\OC2CCCC2)C(=O)Nc2ccc(C3CC3)cn2)cc1. The molecule has 2 aliphatic carbocycles. The molecule has 4 rings (SSSR count). The number of pyridine rings is 1. The number of nitrogens with zero attached hydrogens (tertiary/aromatic N) is 2. The molecule has 0 bridgehead atoms. The van der Waals surface area contributed by atoms with Crippen molar-refractivity contribution in [2.75, 3.05) is 24.8 Å². The quantitative estimate of drug-likeness (QED) is 0.292. The molecule has 0 radical (unpaired) electrons. The summed E-state index contributed by atoms with van der Waals surface area (Å²) in [5, 5.41) is 6.98. The van der Waals surface area contributed by atoms with E-state index < -0.39 is 15.7 Å². The Kier molecular flexibility index (Phi) is 7.95. The summed E-state index contributed by atoms with van der Waals surface area (Å²) in [6.45, 7) is 0.377. The highest BCUT2D eigenvalue weighted by Crippen LogP contribution is 2.39. The largest absolute Gasteiger partial charge is 0.392 e. The monoisotopic (exact) mass is 485 g/mol. The van der Waals surface area contributed by atoms with Gasteiger partial charge in [-0.25, -0.2) is 13.4 Å². The molecule has 0 saturated heterocycles. The first-order valence-corrected chi connectivity index (χ1v) is 13.4. The van der Waals surface area contributed by atoms with Gasteiger partial charge in [0.2, 0.25) is 0 Å². The van der Waals surface area contributed by atoms with Crippen LogP contribution in [0.4, 0.5) is 5.82 Å². The van der Waals surface area contributed by atoms with Crippen LogP contribution in [0.5, 0.6) is 0 Å². The molecule has 2 aromatic rings. The van der Waals surface area contributed by atoms with E-state index in [1.807, 2.05) is 6.07 Å². The summed E-state index contributed by atoms with van der Waals surface area (Å²) in [4.78, 5) is 23.3. The van der Waals surface area contributed by atoms with E-state index in [9.17, 15) is 13.2 Å². The predicted octanol–water partition coefficient (Wildman–Crippen LogP) is 4.07. The number of aromatic nitrogens is 1. The number of hydrogen-bond donors (Lipinski definition) is 1. The van der Waals surface area contributed by atoms with Crippen molar-refractivity contribution in [1.82, 2.24) is 4.98 Å². The summed E-state index contributed by atoms with van der Waals surface area (Å²) in [6.07, 6.45) is 8.52. The molecular formula is C25H31N3O5S. The van der Waals surface area contributed by atoms with Crippen LogP contribution >= 0.6 is 0 Å². The zero-order chi connectivity index (χ0) is 24.0. The molecule has 2 aliphatic rings. The third-order valence-corrected chi connectivity index (χ3v) is 7.95. The van der Waals surface area contributed by atoms with Crippen LogP contribution in [0.3, 0.4) is 0 Å². The van der Waals surface area contributed by atoms with Crippen LogP contribution in [-0.4, -0.2) is 50.6 Å². The summed E-state index contributed by atoms with van der Waals surface area (Å²) < 4.78 is 30.0. The normalized spacial score (nSPS) is 17.0. The summed E-state index contributed by atoms with van der Waals surface area (Å²) in [5.74, 6) is 0.550. The first kappa shape index (κ1) is 24.3. The number of carbonyl (C=O) groups is 1. The minimum atomic E-state index is -3.44. The highest BCUT2D eigenvalue weighted by Gasteiger charge is 2.24. The number of benzene rings is 1. The van der Waals surface area contributed by atoms with Gasteiger partial charge in [-0.3, -0.25) is 4.79 Å². The predicted molar refractivity (Wildman–Crippen MR) is 130 cm³/mol. The lowest BCUT2D eigenvalue weighted by Crippen LogP contribution is -2.25. The second-order valence-electron chi connectivity index (χ2n) is 8.85. The van der Waals surface area contributed by atoms with E-state index >= 15 is 0 Å². The van der Waals surface area contributed by atoms with Gasteiger partial charge < -0.3 is 14.9 Å². The Bertz CT molecular complexity index is 1100. The fourth-order valence-corrected chi connectivity index (χ4v) is 5.27. The third-order valence-electron chi connectivity index (χ3n) is 6.14. The van der Waals surface area contributed by atoms with Gasteiger partial charge in [-0.15, -0.1) is 0 Å². The minimum Gasteiger partial charge on any atom is -0.392 e. The topological polar surface area (TPSA) is 107 Å². The minimum absolute atomic E-state index is 0.00503. The van der Waals surface area contributed by atoms with E-state index in [1.165, 1.54) is 37.6 Å². The van der Waals surface area contributed by atoms with Crippen LogP contribution in [0.25, 0.3) is 0 Å². The lowest BCUT2D eigenvalue weighted by Gasteiger charge is -2.12. The molecule has 9 heteroatoms. The van der Waals surface area contributed by atoms with Crippen molar-refractivity contribution in [3.05, 3.63) is 53.7 Å². The molecule has 1 heterocycles. The van der Waals surface area contributed by atoms with Gasteiger partial charge in [-0.1, -0.05) is 23.4 Å². The summed E-state index contributed by atoms with van der Waals surface area (Å²) in [7, 11) is -1.90. The maximum Gasteiger partial charge on any atom is 0.279 e. The van der Waals surface area contributed by atoms with Crippen LogP contribution in [0, 0.1) is 0 Å². The second kappa shape index (κ2) is 11.1. The molecule has 1 aromatic heterocycles. The van der Waals surface area contributed by atoms with Crippen molar-refractivity contribution in [2.24, 2.45) is 5.16 Å². The number of anilines is 1. The maximum absolute atomic E-state index is 13.1. The number of oxime groups is 1. The van der Waals surface area contributed by atoms with E-state index in [0.717, 1.165) is 25.7 Å². The highest BCUT2D eigenvalue weighted by atomic mass is 32.2. The summed E-state index contributed by atoms with van der Waals surface area (Å²) in [6, 6.07) is 9.94. The number of methoxy groups -OCH3 is 1. The van der Waals surface area contributed by atoms with E-state index in [0.29, 0.717) is 30.3 Å². The average molecular weight is 486 g/mol. The van der Waals surface area contributed by atoms with Crippen LogP contribution in [0.2, 0.25) is 0 Å². The number of sulfone groups is 1. The Hall–Kier alpha value is -2.78. The van der Waals surface area contributed by atoms with Crippen LogP contribution in [-0.2, 0) is 24.2 Å². The van der Waals surface area contributed by atoms with E-state index in [2.05, 4.69) is 15.5 Å². The molecular weight excluding hydrogens is 454 g/mol. The van der Waals surface area contributed by atoms with Gasteiger partial charge in [0.25, 0.3) is 5.91 Å². The van der Waals surface area contributed by atoms with Crippen LogP contribution in [0.1, 0.15) is 62.0 Å². The number of hydrogen-bond acceptors (Lipinski definition) is 7. The van der Waals surface area contributed by atoms with Gasteiger partial charge in [0.15, 0.2) is 15.5 Å². The van der Waals surface area contributed by atoms with Gasteiger partial charge >= 0.3 is 0 Å². The van der Waals surface area contributed by atoms with Crippen molar-refractivity contribution in [2.45, 2.75) is 61.9 Å². The van der Waals surface area contributed by atoms with E-state index in [-0.39, 0.29) is 22.5 Å². The van der Waals surface area contributed by atoms with Gasteiger partial charge in [0.05, 0.1) is 10.6 Å². The highest BCUT2D eigenvalue weighted by molar-refractivity contribution is 7.91. The third kappa shape index (κ3) is 6.42. The Morgan fingerprint density at radius 1 is 1.09 bits per heavy atom. The van der Waals surface area contributed by atoms with Gasteiger partial charge in [0.1, 0.15) is 11.9 Å².